The van der Waals surface area contributed by atoms with Crippen molar-refractivity contribution in [2.24, 2.45) is 16.7 Å². The number of hydrogen-bond acceptors (Lipinski definition) is 3. The maximum Gasteiger partial charge on any atom is 0.212 e. The second-order valence-corrected chi connectivity index (χ2v) is 9.28. The van der Waals surface area contributed by atoms with Crippen LogP contribution in [0, 0.1) is 16.7 Å². The SMILES string of the molecule is CC1(C)[C@H]2CC[C@]1(CS(=O)(=O)NC1CCCC1)C(=O)C2. The molecular weight excluding hydrogens is 274 g/mol. The molecule has 4 nitrogen and oxygen atoms in total. The van der Waals surface area contributed by atoms with Crippen LogP contribution in [0.2, 0.25) is 0 Å². The molecule has 3 aliphatic rings. The molecular formula is C15H25NO3S. The van der Waals surface area contributed by atoms with Gasteiger partial charge in [0.25, 0.3) is 0 Å². The minimum absolute atomic E-state index is 0.00116. The summed E-state index contributed by atoms with van der Waals surface area (Å²) in [7, 11) is -3.37. The number of carbonyl (C=O) groups is 1. The van der Waals surface area contributed by atoms with Gasteiger partial charge in [-0.05, 0) is 37.0 Å². The predicted octanol–water partition coefficient (Wildman–Crippen LogP) is 2.24. The lowest BCUT2D eigenvalue weighted by molar-refractivity contribution is -0.128. The van der Waals surface area contributed by atoms with Crippen LogP contribution < -0.4 is 4.72 Å². The molecule has 0 aromatic heterocycles. The van der Waals surface area contributed by atoms with E-state index in [1.54, 1.807) is 0 Å². The molecule has 0 aromatic carbocycles. The zero-order valence-electron chi connectivity index (χ0n) is 12.4. The van der Waals surface area contributed by atoms with Crippen molar-refractivity contribution in [3.05, 3.63) is 0 Å². The molecule has 1 N–H and O–H groups in total. The van der Waals surface area contributed by atoms with Crippen molar-refractivity contribution in [2.45, 2.75) is 64.8 Å². The maximum absolute atomic E-state index is 12.5. The average Bonchev–Trinajstić information content (AvgIpc) is 2.94. The quantitative estimate of drug-likeness (QED) is 0.866. The highest BCUT2D eigenvalue weighted by atomic mass is 32.2. The highest BCUT2D eigenvalue weighted by molar-refractivity contribution is 7.89. The molecule has 0 unspecified atom stereocenters. The van der Waals surface area contributed by atoms with Gasteiger partial charge in [0.2, 0.25) is 10.0 Å². The normalized spacial score (nSPS) is 36.9. The van der Waals surface area contributed by atoms with E-state index in [0.717, 1.165) is 38.5 Å². The lowest BCUT2D eigenvalue weighted by Gasteiger charge is -2.36. The van der Waals surface area contributed by atoms with Gasteiger partial charge in [-0.15, -0.1) is 0 Å². The molecule has 0 aromatic rings. The van der Waals surface area contributed by atoms with E-state index in [9.17, 15) is 13.2 Å². The predicted molar refractivity (Wildman–Crippen MR) is 77.7 cm³/mol. The first-order valence-electron chi connectivity index (χ1n) is 7.80. The van der Waals surface area contributed by atoms with E-state index >= 15 is 0 Å². The third kappa shape index (κ3) is 2.05. The van der Waals surface area contributed by atoms with Gasteiger partial charge in [-0.25, -0.2) is 13.1 Å². The Balaban J connectivity index is 1.80. The molecule has 5 heteroatoms. The van der Waals surface area contributed by atoms with Crippen molar-refractivity contribution in [3.8, 4) is 0 Å². The van der Waals surface area contributed by atoms with E-state index in [2.05, 4.69) is 18.6 Å². The summed E-state index contributed by atoms with van der Waals surface area (Å²) in [5, 5.41) is 0. The molecule has 0 aliphatic heterocycles. The summed E-state index contributed by atoms with van der Waals surface area (Å²) in [6, 6.07) is 0.0909. The standard InChI is InChI=1S/C15H25NO3S/c1-14(2)11-7-8-15(14,13(17)9-11)10-20(18,19)16-12-5-3-4-6-12/h11-12,16H,3-10H2,1-2H3/t11-,15-/m0/s1. The van der Waals surface area contributed by atoms with E-state index in [1.165, 1.54) is 0 Å². The fourth-order valence-corrected chi connectivity index (χ4v) is 6.92. The molecule has 3 fully saturated rings. The topological polar surface area (TPSA) is 63.2 Å². The van der Waals surface area contributed by atoms with E-state index in [0.29, 0.717) is 12.3 Å². The van der Waals surface area contributed by atoms with Crippen LogP contribution in [0.25, 0.3) is 0 Å². The van der Waals surface area contributed by atoms with Crippen LogP contribution >= 0.6 is 0 Å². The Labute approximate surface area is 121 Å². The van der Waals surface area contributed by atoms with Gasteiger partial charge >= 0.3 is 0 Å². The first-order chi connectivity index (χ1) is 9.27. The van der Waals surface area contributed by atoms with Crippen molar-refractivity contribution < 1.29 is 13.2 Å². The maximum atomic E-state index is 12.5. The summed E-state index contributed by atoms with van der Waals surface area (Å²) >= 11 is 0. The van der Waals surface area contributed by atoms with Gasteiger partial charge in [0.05, 0.1) is 5.75 Å². The van der Waals surface area contributed by atoms with Crippen molar-refractivity contribution in [3.63, 3.8) is 0 Å². The number of Topliss-reactive ketones (excluding diaryl/α,β-unsaturated/α-hetero) is 1. The Morgan fingerprint density at radius 2 is 1.85 bits per heavy atom. The van der Waals surface area contributed by atoms with Crippen LogP contribution in [0.5, 0.6) is 0 Å². The average molecular weight is 299 g/mol. The number of carbonyl (C=O) groups excluding carboxylic acids is 1. The van der Waals surface area contributed by atoms with E-state index in [-0.39, 0.29) is 23.0 Å². The summed E-state index contributed by atoms with van der Waals surface area (Å²) in [6.07, 6.45) is 6.40. The summed E-state index contributed by atoms with van der Waals surface area (Å²) in [4.78, 5) is 12.4. The number of fused-ring (bicyclic) bond motifs is 2. The number of ketones is 1. The van der Waals surface area contributed by atoms with E-state index in [4.69, 9.17) is 0 Å². The molecule has 3 saturated carbocycles. The summed E-state index contributed by atoms with van der Waals surface area (Å²) in [5.41, 5.74) is -0.809. The fraction of sp³-hybridized carbons (Fsp3) is 0.933. The van der Waals surface area contributed by atoms with Crippen LogP contribution in [0.15, 0.2) is 0 Å². The molecule has 20 heavy (non-hydrogen) atoms. The molecule has 3 rings (SSSR count). The summed E-state index contributed by atoms with van der Waals surface area (Å²) in [6.45, 7) is 4.17. The third-order valence-electron chi connectivity index (χ3n) is 6.28. The van der Waals surface area contributed by atoms with Gasteiger partial charge in [0.1, 0.15) is 5.78 Å². The molecule has 0 amide bonds. The smallest absolute Gasteiger partial charge is 0.212 e. The Morgan fingerprint density at radius 3 is 2.35 bits per heavy atom. The van der Waals surface area contributed by atoms with Gasteiger partial charge in [-0.2, -0.15) is 0 Å². The zero-order chi connectivity index (χ0) is 14.6. The molecule has 0 heterocycles. The highest BCUT2D eigenvalue weighted by Gasteiger charge is 2.65. The lowest BCUT2D eigenvalue weighted by Crippen LogP contribution is -2.47. The number of nitrogens with one attached hydrogen (secondary N) is 1. The van der Waals surface area contributed by atoms with Crippen LogP contribution in [-0.2, 0) is 14.8 Å². The monoisotopic (exact) mass is 299 g/mol. The second kappa shape index (κ2) is 4.54. The summed E-state index contributed by atoms with van der Waals surface area (Å²) in [5.74, 6) is 0.547. The molecule has 3 aliphatic carbocycles. The van der Waals surface area contributed by atoms with Gasteiger partial charge in [0.15, 0.2) is 0 Å². The third-order valence-corrected chi connectivity index (χ3v) is 7.84. The second-order valence-electron chi connectivity index (χ2n) is 7.53. The fourth-order valence-electron chi connectivity index (χ4n) is 4.77. The van der Waals surface area contributed by atoms with E-state index in [1.807, 2.05) is 0 Å². The molecule has 0 radical (unpaired) electrons. The number of rotatable bonds is 4. The molecule has 2 atom stereocenters. The van der Waals surface area contributed by atoms with Crippen LogP contribution in [-0.4, -0.2) is 26.0 Å². The highest BCUT2D eigenvalue weighted by Crippen LogP contribution is 2.64. The Bertz CT molecular complexity index is 519. The van der Waals surface area contributed by atoms with Crippen LogP contribution in [0.3, 0.4) is 0 Å². The molecule has 2 bridgehead atoms. The zero-order valence-corrected chi connectivity index (χ0v) is 13.3. The van der Waals surface area contributed by atoms with Gasteiger partial charge in [-0.1, -0.05) is 26.7 Å². The van der Waals surface area contributed by atoms with Crippen LogP contribution in [0.1, 0.15) is 58.8 Å². The first-order valence-corrected chi connectivity index (χ1v) is 9.45. The van der Waals surface area contributed by atoms with Crippen molar-refractivity contribution in [2.75, 3.05) is 5.75 Å². The van der Waals surface area contributed by atoms with Crippen molar-refractivity contribution >= 4 is 15.8 Å². The first kappa shape index (κ1) is 14.5. The summed E-state index contributed by atoms with van der Waals surface area (Å²) < 4.78 is 27.8. The van der Waals surface area contributed by atoms with Crippen LogP contribution in [0.4, 0.5) is 0 Å². The Kier molecular flexibility index (Phi) is 3.29. The van der Waals surface area contributed by atoms with Gasteiger partial charge < -0.3 is 0 Å². The Hall–Kier alpha value is -0.420. The molecule has 114 valence electrons. The van der Waals surface area contributed by atoms with Gasteiger partial charge in [-0.3, -0.25) is 4.79 Å². The Morgan fingerprint density at radius 1 is 1.20 bits per heavy atom. The minimum Gasteiger partial charge on any atom is -0.299 e. The van der Waals surface area contributed by atoms with Crippen molar-refractivity contribution in [1.29, 1.82) is 0 Å². The van der Waals surface area contributed by atoms with E-state index < -0.39 is 15.4 Å². The molecule has 0 spiro atoms. The number of hydrogen-bond donors (Lipinski definition) is 1. The largest absolute Gasteiger partial charge is 0.299 e. The van der Waals surface area contributed by atoms with Gasteiger partial charge in [0, 0.05) is 17.9 Å². The van der Waals surface area contributed by atoms with Crippen molar-refractivity contribution in [1.82, 2.24) is 4.72 Å². The number of sulfonamides is 1. The lowest BCUT2D eigenvalue weighted by atomic mass is 9.70. The molecule has 0 saturated heterocycles. The minimum atomic E-state index is -3.37.